The van der Waals surface area contributed by atoms with Crippen molar-refractivity contribution in [3.63, 3.8) is 0 Å². The van der Waals surface area contributed by atoms with E-state index in [-0.39, 0.29) is 0 Å². The molecule has 2 aromatic heterocycles. The number of nitrogens with two attached hydrogens (primary N) is 1. The number of hydrogen-bond acceptors (Lipinski definition) is 4. The van der Waals surface area contributed by atoms with Gasteiger partial charge >= 0.3 is 0 Å². The first-order valence-corrected chi connectivity index (χ1v) is 4.00. The van der Waals surface area contributed by atoms with Gasteiger partial charge in [-0.2, -0.15) is 10.4 Å². The summed E-state index contributed by atoms with van der Waals surface area (Å²) in [5, 5.41) is 13.0. The van der Waals surface area contributed by atoms with Gasteiger partial charge in [-0.15, -0.1) is 0 Å². The summed E-state index contributed by atoms with van der Waals surface area (Å²) in [7, 11) is 1.68. The van der Waals surface area contributed by atoms with Crippen LogP contribution >= 0.6 is 0 Å². The fraction of sp³-hybridized carbons (Fsp3) is 0.111. The minimum Gasteiger partial charge on any atom is -0.463 e. The van der Waals surface area contributed by atoms with Gasteiger partial charge in [0.05, 0.1) is 6.26 Å². The van der Waals surface area contributed by atoms with Crippen LogP contribution in [0.1, 0.15) is 5.56 Å². The number of aromatic nitrogens is 2. The Morgan fingerprint density at radius 3 is 3.00 bits per heavy atom. The normalized spacial score (nSPS) is 10.0. The Hall–Kier alpha value is -2.22. The molecule has 0 aliphatic carbocycles. The van der Waals surface area contributed by atoms with E-state index in [4.69, 9.17) is 15.4 Å². The first-order chi connectivity index (χ1) is 6.74. The van der Waals surface area contributed by atoms with Crippen molar-refractivity contribution >= 4 is 5.82 Å². The Bertz CT molecular complexity index is 490. The van der Waals surface area contributed by atoms with Gasteiger partial charge in [0.25, 0.3) is 0 Å². The van der Waals surface area contributed by atoms with Crippen molar-refractivity contribution in [3.05, 3.63) is 24.0 Å². The van der Waals surface area contributed by atoms with Gasteiger partial charge in [-0.05, 0) is 12.1 Å². The zero-order valence-corrected chi connectivity index (χ0v) is 7.56. The second-order valence-corrected chi connectivity index (χ2v) is 2.82. The molecule has 0 spiro atoms. The van der Waals surface area contributed by atoms with E-state index in [9.17, 15) is 0 Å². The lowest BCUT2D eigenvalue weighted by Gasteiger charge is -1.89. The monoisotopic (exact) mass is 188 g/mol. The van der Waals surface area contributed by atoms with Gasteiger partial charge < -0.3 is 10.2 Å². The lowest BCUT2D eigenvalue weighted by Crippen LogP contribution is -1.97. The van der Waals surface area contributed by atoms with Crippen LogP contribution in [-0.4, -0.2) is 9.78 Å². The molecule has 2 heterocycles. The van der Waals surface area contributed by atoms with Crippen molar-refractivity contribution < 1.29 is 4.42 Å². The van der Waals surface area contributed by atoms with Gasteiger partial charge in [0.1, 0.15) is 23.1 Å². The molecule has 0 radical (unpaired) electrons. The van der Waals surface area contributed by atoms with Crippen molar-refractivity contribution in [1.82, 2.24) is 9.78 Å². The summed E-state index contributed by atoms with van der Waals surface area (Å²) in [6.45, 7) is 0. The van der Waals surface area contributed by atoms with Gasteiger partial charge in [-0.3, -0.25) is 4.68 Å². The Labute approximate surface area is 80.4 Å². The lowest BCUT2D eigenvalue weighted by atomic mass is 10.2. The minimum atomic E-state index is 0.346. The SMILES string of the molecule is Cn1nc(-c2ccco2)c(C#N)c1N. The molecular formula is C9H8N4O. The number of anilines is 1. The highest BCUT2D eigenvalue weighted by atomic mass is 16.3. The number of aryl methyl sites for hydroxylation is 1. The van der Waals surface area contributed by atoms with E-state index in [1.807, 2.05) is 6.07 Å². The zero-order chi connectivity index (χ0) is 10.1. The van der Waals surface area contributed by atoms with E-state index < -0.39 is 0 Å². The van der Waals surface area contributed by atoms with Gasteiger partial charge in [-0.1, -0.05) is 0 Å². The second-order valence-electron chi connectivity index (χ2n) is 2.82. The smallest absolute Gasteiger partial charge is 0.155 e. The number of hydrogen-bond donors (Lipinski definition) is 1. The van der Waals surface area contributed by atoms with E-state index >= 15 is 0 Å². The number of nitriles is 1. The summed E-state index contributed by atoms with van der Waals surface area (Å²) >= 11 is 0. The van der Waals surface area contributed by atoms with Crippen LogP contribution in [0.25, 0.3) is 11.5 Å². The molecule has 0 bridgehead atoms. The maximum Gasteiger partial charge on any atom is 0.155 e. The highest BCUT2D eigenvalue weighted by Crippen LogP contribution is 2.25. The van der Waals surface area contributed by atoms with E-state index in [0.29, 0.717) is 22.8 Å². The summed E-state index contributed by atoms with van der Waals surface area (Å²) in [6, 6.07) is 5.48. The maximum atomic E-state index is 8.89. The van der Waals surface area contributed by atoms with E-state index in [0.717, 1.165) is 0 Å². The molecule has 2 aromatic rings. The molecule has 2 N–H and O–H groups in total. The quantitative estimate of drug-likeness (QED) is 0.727. The molecule has 5 heteroatoms. The van der Waals surface area contributed by atoms with Crippen LogP contribution in [0.3, 0.4) is 0 Å². The molecule has 70 valence electrons. The van der Waals surface area contributed by atoms with Crippen LogP contribution < -0.4 is 5.73 Å². The van der Waals surface area contributed by atoms with Crippen LogP contribution in [0, 0.1) is 11.3 Å². The number of nitrogen functional groups attached to an aromatic ring is 1. The largest absolute Gasteiger partial charge is 0.463 e. The molecule has 14 heavy (non-hydrogen) atoms. The zero-order valence-electron chi connectivity index (χ0n) is 7.56. The van der Waals surface area contributed by atoms with Crippen molar-refractivity contribution in [2.45, 2.75) is 0 Å². The molecule has 0 saturated carbocycles. The molecule has 0 unspecified atom stereocenters. The predicted octanol–water partition coefficient (Wildman–Crippen LogP) is 1.13. The first-order valence-electron chi connectivity index (χ1n) is 4.00. The number of rotatable bonds is 1. The summed E-state index contributed by atoms with van der Waals surface area (Å²) in [5.41, 5.74) is 6.49. The van der Waals surface area contributed by atoms with Crippen LogP contribution in [0.15, 0.2) is 22.8 Å². The van der Waals surface area contributed by atoms with Gasteiger partial charge in [-0.25, -0.2) is 0 Å². The van der Waals surface area contributed by atoms with E-state index in [1.54, 1.807) is 19.2 Å². The number of furan rings is 1. The maximum absolute atomic E-state index is 8.89. The molecule has 0 saturated heterocycles. The van der Waals surface area contributed by atoms with Crippen LogP contribution in [0.5, 0.6) is 0 Å². The predicted molar refractivity (Wildman–Crippen MR) is 50.0 cm³/mol. The second kappa shape index (κ2) is 2.92. The molecule has 0 amide bonds. The average Bonchev–Trinajstić information content (AvgIpc) is 2.76. The van der Waals surface area contributed by atoms with Gasteiger partial charge in [0.15, 0.2) is 5.76 Å². The Morgan fingerprint density at radius 2 is 2.43 bits per heavy atom. The molecule has 0 aliphatic heterocycles. The van der Waals surface area contributed by atoms with E-state index in [1.165, 1.54) is 10.9 Å². The number of nitrogens with zero attached hydrogens (tertiary/aromatic N) is 3. The van der Waals surface area contributed by atoms with E-state index in [2.05, 4.69) is 5.10 Å². The summed E-state index contributed by atoms with van der Waals surface area (Å²) in [6.07, 6.45) is 1.53. The molecule has 0 fully saturated rings. The third-order valence-corrected chi connectivity index (χ3v) is 1.96. The molecule has 5 nitrogen and oxygen atoms in total. The third-order valence-electron chi connectivity index (χ3n) is 1.96. The van der Waals surface area contributed by atoms with Crippen LogP contribution in [0.4, 0.5) is 5.82 Å². The molecule has 0 atom stereocenters. The van der Waals surface area contributed by atoms with Gasteiger partial charge in [0.2, 0.25) is 0 Å². The highest BCUT2D eigenvalue weighted by molar-refractivity contribution is 5.69. The van der Waals surface area contributed by atoms with Gasteiger partial charge in [0, 0.05) is 7.05 Å². The first kappa shape index (κ1) is 8.38. The molecule has 0 aliphatic rings. The fourth-order valence-corrected chi connectivity index (χ4v) is 1.23. The Balaban J connectivity index is 2.66. The molecule has 2 rings (SSSR count). The minimum absolute atomic E-state index is 0.346. The Morgan fingerprint density at radius 1 is 1.64 bits per heavy atom. The van der Waals surface area contributed by atoms with Crippen molar-refractivity contribution in [2.24, 2.45) is 7.05 Å². The molecule has 0 aromatic carbocycles. The average molecular weight is 188 g/mol. The topological polar surface area (TPSA) is 80.8 Å². The summed E-state index contributed by atoms with van der Waals surface area (Å²) < 4.78 is 6.60. The van der Waals surface area contributed by atoms with Crippen molar-refractivity contribution in [1.29, 1.82) is 5.26 Å². The third kappa shape index (κ3) is 1.05. The molecular weight excluding hydrogens is 180 g/mol. The fourth-order valence-electron chi connectivity index (χ4n) is 1.23. The Kier molecular flexibility index (Phi) is 1.75. The summed E-state index contributed by atoms with van der Waals surface area (Å²) in [4.78, 5) is 0. The van der Waals surface area contributed by atoms with Crippen molar-refractivity contribution in [3.8, 4) is 17.5 Å². The van der Waals surface area contributed by atoms with Crippen LogP contribution in [0.2, 0.25) is 0 Å². The lowest BCUT2D eigenvalue weighted by molar-refractivity contribution is 0.578. The van der Waals surface area contributed by atoms with Crippen molar-refractivity contribution in [2.75, 3.05) is 5.73 Å². The van der Waals surface area contributed by atoms with Crippen LogP contribution in [-0.2, 0) is 7.05 Å². The highest BCUT2D eigenvalue weighted by Gasteiger charge is 2.16. The standard InChI is InChI=1S/C9H8N4O/c1-13-9(11)6(5-10)8(12-13)7-3-2-4-14-7/h2-4H,11H2,1H3. The summed E-state index contributed by atoms with van der Waals surface area (Å²) in [5.74, 6) is 0.896.